The predicted octanol–water partition coefficient (Wildman–Crippen LogP) is 2.83. The molecule has 0 saturated heterocycles. The van der Waals surface area contributed by atoms with E-state index < -0.39 is 0 Å². The van der Waals surface area contributed by atoms with Crippen molar-refractivity contribution in [1.29, 1.82) is 0 Å². The molecule has 1 atom stereocenters. The minimum atomic E-state index is 0.293. The Kier molecular flexibility index (Phi) is 4.73. The van der Waals surface area contributed by atoms with Crippen LogP contribution in [0.1, 0.15) is 23.4 Å². The number of hydrogen-bond donors (Lipinski definition) is 1. The number of hydrogen-bond acceptors (Lipinski definition) is 4. The van der Waals surface area contributed by atoms with E-state index in [0.29, 0.717) is 19.1 Å². The van der Waals surface area contributed by atoms with Crippen LogP contribution in [0.25, 0.3) is 0 Å². The van der Waals surface area contributed by atoms with Crippen LogP contribution in [0.2, 0.25) is 0 Å². The summed E-state index contributed by atoms with van der Waals surface area (Å²) in [7, 11) is 0. The zero-order chi connectivity index (χ0) is 12.8. The first-order chi connectivity index (χ1) is 8.83. The first-order valence-electron chi connectivity index (χ1n) is 6.14. The third-order valence-corrected chi connectivity index (χ3v) is 3.71. The van der Waals surface area contributed by atoms with E-state index in [4.69, 9.17) is 10.5 Å². The molecule has 2 rings (SSSR count). The fourth-order valence-electron chi connectivity index (χ4n) is 1.92. The predicted molar refractivity (Wildman–Crippen MR) is 75.2 cm³/mol. The first kappa shape index (κ1) is 13.1. The van der Waals surface area contributed by atoms with E-state index in [9.17, 15) is 0 Å². The SMILES string of the molecule is CCOc1cccc(CC(CN)c2nccs2)c1. The highest BCUT2D eigenvalue weighted by Crippen LogP contribution is 2.23. The van der Waals surface area contributed by atoms with Gasteiger partial charge in [-0.3, -0.25) is 0 Å². The molecule has 0 saturated carbocycles. The van der Waals surface area contributed by atoms with Crippen molar-refractivity contribution >= 4 is 11.3 Å². The molecule has 0 fully saturated rings. The van der Waals surface area contributed by atoms with Crippen molar-refractivity contribution in [3.63, 3.8) is 0 Å². The molecule has 1 aromatic carbocycles. The number of nitrogens with zero attached hydrogens (tertiary/aromatic N) is 1. The third-order valence-electron chi connectivity index (χ3n) is 2.78. The Morgan fingerprint density at radius 3 is 3.00 bits per heavy atom. The van der Waals surface area contributed by atoms with E-state index in [1.165, 1.54) is 5.56 Å². The van der Waals surface area contributed by atoms with Gasteiger partial charge in [-0.25, -0.2) is 4.98 Å². The second kappa shape index (κ2) is 6.52. The second-order valence-electron chi connectivity index (χ2n) is 4.09. The Bertz CT molecular complexity index is 470. The number of aromatic nitrogens is 1. The zero-order valence-electron chi connectivity index (χ0n) is 10.5. The van der Waals surface area contributed by atoms with Crippen molar-refractivity contribution in [1.82, 2.24) is 4.98 Å². The molecule has 0 bridgehead atoms. The number of benzene rings is 1. The zero-order valence-corrected chi connectivity index (χ0v) is 11.3. The molecule has 1 heterocycles. The number of nitrogens with two attached hydrogens (primary N) is 1. The minimum Gasteiger partial charge on any atom is -0.494 e. The summed E-state index contributed by atoms with van der Waals surface area (Å²) >= 11 is 1.67. The maximum atomic E-state index is 5.84. The minimum absolute atomic E-state index is 0.293. The molecule has 0 spiro atoms. The van der Waals surface area contributed by atoms with E-state index >= 15 is 0 Å². The lowest BCUT2D eigenvalue weighted by Crippen LogP contribution is -2.14. The number of ether oxygens (including phenoxy) is 1. The smallest absolute Gasteiger partial charge is 0.119 e. The van der Waals surface area contributed by atoms with Gasteiger partial charge >= 0.3 is 0 Å². The van der Waals surface area contributed by atoms with Crippen LogP contribution in [0.3, 0.4) is 0 Å². The molecule has 3 nitrogen and oxygen atoms in total. The molecule has 2 aromatic rings. The van der Waals surface area contributed by atoms with Gasteiger partial charge in [0, 0.05) is 24.0 Å². The maximum absolute atomic E-state index is 5.84. The van der Waals surface area contributed by atoms with E-state index in [1.807, 2.05) is 30.6 Å². The van der Waals surface area contributed by atoms with E-state index in [2.05, 4.69) is 17.1 Å². The lowest BCUT2D eigenvalue weighted by molar-refractivity contribution is 0.340. The van der Waals surface area contributed by atoms with Crippen LogP contribution < -0.4 is 10.5 Å². The van der Waals surface area contributed by atoms with Gasteiger partial charge in [0.05, 0.1) is 11.6 Å². The summed E-state index contributed by atoms with van der Waals surface area (Å²) in [6.45, 7) is 3.30. The fraction of sp³-hybridized carbons (Fsp3) is 0.357. The highest BCUT2D eigenvalue weighted by atomic mass is 32.1. The van der Waals surface area contributed by atoms with Crippen molar-refractivity contribution in [2.24, 2.45) is 5.73 Å². The first-order valence-corrected chi connectivity index (χ1v) is 7.02. The topological polar surface area (TPSA) is 48.1 Å². The summed E-state index contributed by atoms with van der Waals surface area (Å²) in [5, 5.41) is 3.11. The molecule has 0 radical (unpaired) electrons. The molecule has 0 aliphatic carbocycles. The normalized spacial score (nSPS) is 12.3. The average molecular weight is 262 g/mol. The maximum Gasteiger partial charge on any atom is 0.119 e. The Hall–Kier alpha value is -1.39. The standard InChI is InChI=1S/C14H18N2OS/c1-2-17-13-5-3-4-11(9-13)8-12(10-15)14-16-6-7-18-14/h3-7,9,12H,2,8,10,15H2,1H3. The van der Waals surface area contributed by atoms with Crippen LogP contribution in [0.4, 0.5) is 0 Å². The Morgan fingerprint density at radius 2 is 2.33 bits per heavy atom. The monoisotopic (exact) mass is 262 g/mol. The van der Waals surface area contributed by atoms with Gasteiger partial charge in [0.1, 0.15) is 5.75 Å². The second-order valence-corrected chi connectivity index (χ2v) is 5.01. The molecule has 0 amide bonds. The van der Waals surface area contributed by atoms with E-state index in [1.54, 1.807) is 11.3 Å². The summed E-state index contributed by atoms with van der Waals surface area (Å²) < 4.78 is 5.51. The van der Waals surface area contributed by atoms with Gasteiger partial charge in [-0.05, 0) is 31.0 Å². The molecular formula is C14H18N2OS. The van der Waals surface area contributed by atoms with Crippen molar-refractivity contribution in [3.05, 3.63) is 46.4 Å². The summed E-state index contributed by atoms with van der Waals surface area (Å²) in [5.41, 5.74) is 7.09. The molecule has 18 heavy (non-hydrogen) atoms. The van der Waals surface area contributed by atoms with Gasteiger partial charge in [-0.15, -0.1) is 11.3 Å². The van der Waals surface area contributed by atoms with Gasteiger partial charge in [-0.2, -0.15) is 0 Å². The van der Waals surface area contributed by atoms with Gasteiger partial charge in [-0.1, -0.05) is 12.1 Å². The van der Waals surface area contributed by atoms with Crippen LogP contribution in [-0.2, 0) is 6.42 Å². The quantitative estimate of drug-likeness (QED) is 0.871. The van der Waals surface area contributed by atoms with Crippen molar-refractivity contribution in [3.8, 4) is 5.75 Å². The van der Waals surface area contributed by atoms with Crippen LogP contribution >= 0.6 is 11.3 Å². The molecule has 1 aromatic heterocycles. The van der Waals surface area contributed by atoms with Crippen molar-refractivity contribution < 1.29 is 4.74 Å². The van der Waals surface area contributed by atoms with Crippen LogP contribution in [-0.4, -0.2) is 18.1 Å². The van der Waals surface area contributed by atoms with Gasteiger partial charge in [0.2, 0.25) is 0 Å². The van der Waals surface area contributed by atoms with Crippen LogP contribution in [0.5, 0.6) is 5.75 Å². The highest BCUT2D eigenvalue weighted by Gasteiger charge is 2.13. The molecule has 0 aliphatic heterocycles. The molecule has 2 N–H and O–H groups in total. The summed E-state index contributed by atoms with van der Waals surface area (Å²) in [6, 6.07) is 8.20. The van der Waals surface area contributed by atoms with Gasteiger partial charge < -0.3 is 10.5 Å². The van der Waals surface area contributed by atoms with Gasteiger partial charge in [0.15, 0.2) is 0 Å². The molecule has 96 valence electrons. The lowest BCUT2D eigenvalue weighted by Gasteiger charge is -2.12. The molecule has 0 aliphatic rings. The molecule has 1 unspecified atom stereocenters. The third kappa shape index (κ3) is 3.31. The van der Waals surface area contributed by atoms with Gasteiger partial charge in [0.25, 0.3) is 0 Å². The van der Waals surface area contributed by atoms with Crippen LogP contribution in [0.15, 0.2) is 35.8 Å². The highest BCUT2D eigenvalue weighted by molar-refractivity contribution is 7.09. The lowest BCUT2D eigenvalue weighted by atomic mass is 10.00. The summed E-state index contributed by atoms with van der Waals surface area (Å²) in [5.74, 6) is 1.21. The Balaban J connectivity index is 2.09. The van der Waals surface area contributed by atoms with E-state index in [-0.39, 0.29) is 0 Å². The Morgan fingerprint density at radius 1 is 1.44 bits per heavy atom. The molecular weight excluding hydrogens is 244 g/mol. The largest absolute Gasteiger partial charge is 0.494 e. The number of rotatable bonds is 6. The van der Waals surface area contributed by atoms with Crippen molar-refractivity contribution in [2.75, 3.05) is 13.2 Å². The summed E-state index contributed by atoms with van der Waals surface area (Å²) in [4.78, 5) is 4.35. The summed E-state index contributed by atoms with van der Waals surface area (Å²) in [6.07, 6.45) is 2.74. The average Bonchev–Trinajstić information content (AvgIpc) is 2.90. The van der Waals surface area contributed by atoms with Crippen LogP contribution in [0, 0.1) is 0 Å². The Labute approximate surface area is 112 Å². The number of thiazole rings is 1. The van der Waals surface area contributed by atoms with E-state index in [0.717, 1.165) is 17.2 Å². The fourth-order valence-corrected chi connectivity index (χ4v) is 2.68. The molecule has 4 heteroatoms. The van der Waals surface area contributed by atoms with Crippen molar-refractivity contribution in [2.45, 2.75) is 19.3 Å².